The number of para-hydroxylation sites is 1. The van der Waals surface area contributed by atoms with E-state index in [1.54, 1.807) is 36.4 Å². The number of hydrogen-bond donors (Lipinski definition) is 3. The minimum absolute atomic E-state index is 0.0452. The first-order valence-electron chi connectivity index (χ1n) is 10.4. The van der Waals surface area contributed by atoms with E-state index in [2.05, 4.69) is 16.2 Å². The Labute approximate surface area is 199 Å². The van der Waals surface area contributed by atoms with E-state index in [1.165, 1.54) is 17.4 Å². The molecule has 172 valence electrons. The van der Waals surface area contributed by atoms with Crippen LogP contribution in [0.2, 0.25) is 0 Å². The van der Waals surface area contributed by atoms with Crippen molar-refractivity contribution in [2.45, 2.75) is 13.2 Å². The number of nitrogens with one attached hydrogen (secondary N) is 3. The summed E-state index contributed by atoms with van der Waals surface area (Å²) in [6, 6.07) is 22.6. The lowest BCUT2D eigenvalue weighted by molar-refractivity contribution is 0.0828. The van der Waals surface area contributed by atoms with Crippen LogP contribution in [0.25, 0.3) is 0 Å². The van der Waals surface area contributed by atoms with Crippen molar-refractivity contribution in [2.75, 3.05) is 0 Å². The molecule has 0 aliphatic heterocycles. The van der Waals surface area contributed by atoms with Crippen LogP contribution in [0, 0.1) is 0 Å². The molecule has 3 amide bonds. The fraction of sp³-hybridized carbons (Fsp3) is 0.0800. The van der Waals surface area contributed by atoms with Crippen molar-refractivity contribution < 1.29 is 23.5 Å². The number of furan rings is 1. The third-order valence-corrected chi connectivity index (χ3v) is 5.58. The fourth-order valence-corrected chi connectivity index (χ4v) is 3.59. The van der Waals surface area contributed by atoms with Gasteiger partial charge in [-0.3, -0.25) is 25.2 Å². The zero-order valence-corrected chi connectivity index (χ0v) is 18.8. The predicted molar refractivity (Wildman–Crippen MR) is 126 cm³/mol. The fourth-order valence-electron chi connectivity index (χ4n) is 2.95. The number of thiophene rings is 1. The summed E-state index contributed by atoms with van der Waals surface area (Å²) in [5.41, 5.74) is 5.87. The average molecular weight is 476 g/mol. The summed E-state index contributed by atoms with van der Waals surface area (Å²) < 4.78 is 11.1. The molecule has 4 rings (SSSR count). The van der Waals surface area contributed by atoms with E-state index in [9.17, 15) is 14.4 Å². The minimum atomic E-state index is -0.591. The van der Waals surface area contributed by atoms with Crippen molar-refractivity contribution in [2.24, 2.45) is 0 Å². The number of hydrogen-bond acceptors (Lipinski definition) is 6. The average Bonchev–Trinajstić information content (AvgIpc) is 3.58. The lowest BCUT2D eigenvalue weighted by atomic mass is 10.1. The molecule has 9 heteroatoms. The molecule has 0 aliphatic rings. The van der Waals surface area contributed by atoms with Crippen LogP contribution >= 0.6 is 11.3 Å². The summed E-state index contributed by atoms with van der Waals surface area (Å²) in [5, 5.41) is 4.66. The Morgan fingerprint density at radius 2 is 1.56 bits per heavy atom. The Bertz CT molecular complexity index is 1250. The van der Waals surface area contributed by atoms with Gasteiger partial charge in [-0.05, 0) is 53.4 Å². The monoisotopic (exact) mass is 475 g/mol. The molecule has 0 saturated carbocycles. The largest absolute Gasteiger partial charge is 0.486 e. The van der Waals surface area contributed by atoms with Crippen molar-refractivity contribution >= 4 is 29.1 Å². The Morgan fingerprint density at radius 1 is 0.794 bits per heavy atom. The highest BCUT2D eigenvalue weighted by molar-refractivity contribution is 7.12. The molecule has 2 aromatic carbocycles. The van der Waals surface area contributed by atoms with Crippen LogP contribution in [-0.2, 0) is 13.2 Å². The predicted octanol–water partition coefficient (Wildman–Crippen LogP) is 3.92. The van der Waals surface area contributed by atoms with Crippen molar-refractivity contribution in [3.63, 3.8) is 0 Å². The van der Waals surface area contributed by atoms with Crippen molar-refractivity contribution in [1.29, 1.82) is 0 Å². The number of hydrazine groups is 1. The third kappa shape index (κ3) is 6.11. The second-order valence-electron chi connectivity index (χ2n) is 7.13. The van der Waals surface area contributed by atoms with Gasteiger partial charge in [0.15, 0.2) is 5.76 Å². The molecule has 0 aliphatic carbocycles. The maximum absolute atomic E-state index is 12.3. The van der Waals surface area contributed by atoms with Crippen molar-refractivity contribution in [1.82, 2.24) is 16.2 Å². The highest BCUT2D eigenvalue weighted by Gasteiger charge is 2.14. The van der Waals surface area contributed by atoms with E-state index in [-0.39, 0.29) is 18.3 Å². The van der Waals surface area contributed by atoms with Crippen LogP contribution in [0.3, 0.4) is 0 Å². The summed E-state index contributed by atoms with van der Waals surface area (Å²) in [6.07, 6.45) is 0. The van der Waals surface area contributed by atoms with E-state index >= 15 is 0 Å². The summed E-state index contributed by atoms with van der Waals surface area (Å²) in [6.45, 7) is 0.508. The Balaban J connectivity index is 1.22. The number of benzene rings is 2. The van der Waals surface area contributed by atoms with Gasteiger partial charge in [-0.1, -0.05) is 36.4 Å². The van der Waals surface area contributed by atoms with Crippen LogP contribution in [0.1, 0.15) is 41.9 Å². The molecule has 3 N–H and O–H groups in total. The van der Waals surface area contributed by atoms with Crippen LogP contribution in [0.5, 0.6) is 5.75 Å². The number of rotatable bonds is 8. The number of carbonyl (C=O) groups excluding carboxylic acids is 3. The van der Waals surface area contributed by atoms with Gasteiger partial charge in [0, 0.05) is 12.1 Å². The molecule has 34 heavy (non-hydrogen) atoms. The van der Waals surface area contributed by atoms with E-state index in [0.29, 0.717) is 28.5 Å². The van der Waals surface area contributed by atoms with Crippen LogP contribution in [-0.4, -0.2) is 17.7 Å². The molecular weight excluding hydrogens is 454 g/mol. The molecule has 0 fully saturated rings. The highest BCUT2D eigenvalue weighted by atomic mass is 32.1. The van der Waals surface area contributed by atoms with Crippen LogP contribution in [0.15, 0.2) is 88.7 Å². The maximum Gasteiger partial charge on any atom is 0.305 e. The van der Waals surface area contributed by atoms with Gasteiger partial charge >= 0.3 is 5.91 Å². The Hall–Kier alpha value is -4.37. The zero-order valence-electron chi connectivity index (χ0n) is 17.9. The van der Waals surface area contributed by atoms with Gasteiger partial charge in [0.05, 0.1) is 4.88 Å². The number of amides is 3. The second-order valence-corrected chi connectivity index (χ2v) is 8.08. The molecule has 0 saturated heterocycles. The van der Waals surface area contributed by atoms with Gasteiger partial charge in [0.25, 0.3) is 11.8 Å². The first-order chi connectivity index (χ1) is 16.6. The highest BCUT2D eigenvalue weighted by Crippen LogP contribution is 2.14. The molecule has 0 bridgehead atoms. The lowest BCUT2D eigenvalue weighted by Crippen LogP contribution is -2.41. The Morgan fingerprint density at radius 3 is 2.29 bits per heavy atom. The molecular formula is C25H21N3O5S. The van der Waals surface area contributed by atoms with Crippen LogP contribution in [0.4, 0.5) is 0 Å². The van der Waals surface area contributed by atoms with Gasteiger partial charge in [0.1, 0.15) is 18.1 Å². The van der Waals surface area contributed by atoms with Crippen molar-refractivity contribution in [3.05, 3.63) is 112 Å². The number of ether oxygens (including phenoxy) is 1. The first-order valence-corrected chi connectivity index (χ1v) is 11.2. The third-order valence-electron chi connectivity index (χ3n) is 4.71. The molecule has 2 heterocycles. The normalized spacial score (nSPS) is 10.4. The van der Waals surface area contributed by atoms with Gasteiger partial charge in [-0.25, -0.2) is 0 Å². The molecule has 0 spiro atoms. The minimum Gasteiger partial charge on any atom is -0.486 e. The zero-order chi connectivity index (χ0) is 23.8. The summed E-state index contributed by atoms with van der Waals surface area (Å²) in [7, 11) is 0. The Kier molecular flexibility index (Phi) is 7.36. The standard InChI is InChI=1S/C25H21N3O5S/c29-23(18-10-8-17(9-11-18)15-26-25(31)22-7-4-14-34-22)27-28-24(30)21-13-12-20(33-21)16-32-19-5-2-1-3-6-19/h1-14H,15-16H2,(H,26,31)(H,27,29)(H,28,30). The smallest absolute Gasteiger partial charge is 0.305 e. The molecule has 0 unspecified atom stereocenters. The SMILES string of the molecule is O=C(NNC(=O)c1ccc(COc2ccccc2)o1)c1ccc(CNC(=O)c2cccs2)cc1. The van der Waals surface area contributed by atoms with Gasteiger partial charge in [-0.2, -0.15) is 0 Å². The lowest BCUT2D eigenvalue weighted by Gasteiger charge is -2.08. The van der Waals surface area contributed by atoms with Gasteiger partial charge < -0.3 is 14.5 Å². The number of carbonyl (C=O) groups is 3. The van der Waals surface area contributed by atoms with Crippen LogP contribution < -0.4 is 20.9 Å². The van der Waals surface area contributed by atoms with E-state index < -0.39 is 11.8 Å². The molecule has 2 aromatic heterocycles. The summed E-state index contributed by atoms with van der Waals surface area (Å²) in [5.74, 6) is -0.0138. The molecule has 8 nitrogen and oxygen atoms in total. The van der Waals surface area contributed by atoms with E-state index in [4.69, 9.17) is 9.15 Å². The first kappa shape index (κ1) is 22.8. The summed E-state index contributed by atoms with van der Waals surface area (Å²) >= 11 is 1.37. The molecule has 4 aromatic rings. The maximum atomic E-state index is 12.3. The van der Waals surface area contributed by atoms with E-state index in [0.717, 1.165) is 5.56 Å². The van der Waals surface area contributed by atoms with Gasteiger partial charge in [-0.15, -0.1) is 11.3 Å². The molecule has 0 radical (unpaired) electrons. The second kappa shape index (κ2) is 11.0. The van der Waals surface area contributed by atoms with E-state index in [1.807, 2.05) is 41.8 Å². The summed E-state index contributed by atoms with van der Waals surface area (Å²) in [4.78, 5) is 37.2. The quantitative estimate of drug-likeness (QED) is 0.335. The van der Waals surface area contributed by atoms with Crippen molar-refractivity contribution in [3.8, 4) is 5.75 Å². The topological polar surface area (TPSA) is 110 Å². The molecule has 0 atom stereocenters. The van der Waals surface area contributed by atoms with Gasteiger partial charge in [0.2, 0.25) is 0 Å².